The average molecular weight is 460 g/mol. The van der Waals surface area contributed by atoms with Gasteiger partial charge in [-0.3, -0.25) is 4.79 Å². The molecule has 0 unspecified atom stereocenters. The van der Waals surface area contributed by atoms with E-state index in [-0.39, 0.29) is 40.8 Å². The van der Waals surface area contributed by atoms with Crippen LogP contribution in [0.1, 0.15) is 37.8 Å². The summed E-state index contributed by atoms with van der Waals surface area (Å²) < 4.78 is 27.3. The monoisotopic (exact) mass is 459 g/mol. The van der Waals surface area contributed by atoms with Crippen LogP contribution in [0, 0.1) is 17.2 Å². The molecule has 8 heteroatoms. The lowest BCUT2D eigenvalue weighted by Gasteiger charge is -2.32. The number of carbonyl (C=O) groups is 1. The lowest BCUT2D eigenvalue weighted by atomic mass is 9.84. The van der Waals surface area contributed by atoms with Gasteiger partial charge in [0.05, 0.1) is 10.5 Å². The Morgan fingerprint density at radius 3 is 2.52 bits per heavy atom. The van der Waals surface area contributed by atoms with Crippen LogP contribution in [0.15, 0.2) is 53.4 Å². The van der Waals surface area contributed by atoms with Crippen molar-refractivity contribution in [3.05, 3.63) is 64.7 Å². The van der Waals surface area contributed by atoms with Gasteiger partial charge < -0.3 is 5.32 Å². The zero-order chi connectivity index (χ0) is 22.6. The molecule has 3 rings (SSSR count). The topological polar surface area (TPSA) is 90.3 Å². The second kappa shape index (κ2) is 9.39. The van der Waals surface area contributed by atoms with Crippen molar-refractivity contribution in [2.24, 2.45) is 5.92 Å². The van der Waals surface area contributed by atoms with Crippen LogP contribution in [0.3, 0.4) is 0 Å². The number of amides is 1. The highest BCUT2D eigenvalue weighted by Gasteiger charge is 2.33. The fourth-order valence-corrected chi connectivity index (χ4v) is 5.55. The van der Waals surface area contributed by atoms with Gasteiger partial charge in [-0.25, -0.2) is 8.42 Å². The van der Waals surface area contributed by atoms with E-state index in [2.05, 4.69) is 5.32 Å². The van der Waals surface area contributed by atoms with E-state index in [1.165, 1.54) is 16.4 Å². The zero-order valence-electron chi connectivity index (χ0n) is 17.6. The summed E-state index contributed by atoms with van der Waals surface area (Å²) in [5.41, 5.74) is 0.883. The van der Waals surface area contributed by atoms with E-state index in [9.17, 15) is 18.5 Å². The fraction of sp³-hybridized carbons (Fsp3) is 0.391. The van der Waals surface area contributed by atoms with E-state index in [0.29, 0.717) is 24.4 Å². The Kier molecular flexibility index (Phi) is 7.05. The van der Waals surface area contributed by atoms with Gasteiger partial charge in [-0.1, -0.05) is 49.7 Å². The second-order valence-corrected chi connectivity index (χ2v) is 10.7. The molecule has 0 aromatic heterocycles. The Labute approximate surface area is 188 Å². The molecule has 164 valence electrons. The van der Waals surface area contributed by atoms with Crippen molar-refractivity contribution >= 4 is 27.5 Å². The number of nitriles is 1. The number of hydrogen-bond donors (Lipinski definition) is 1. The van der Waals surface area contributed by atoms with Crippen molar-refractivity contribution in [1.82, 2.24) is 9.62 Å². The summed E-state index contributed by atoms with van der Waals surface area (Å²) >= 11 is 6.09. The molecule has 31 heavy (non-hydrogen) atoms. The standard InChI is InChI=1S/C23H26ClN3O3S/c1-23(2,19-7-5-8-20(24)14-19)16-26-22(28)17-10-12-27(13-11-17)31(29,30)21-9-4-3-6-18(21)15-25/h3-9,14,17H,10-13,16H2,1-2H3,(H,26,28). The molecule has 2 aromatic rings. The molecule has 1 heterocycles. The minimum absolute atomic E-state index is 0.0173. The maximum absolute atomic E-state index is 12.9. The van der Waals surface area contributed by atoms with Crippen molar-refractivity contribution in [3.8, 4) is 6.07 Å². The van der Waals surface area contributed by atoms with Crippen LogP contribution in [0.25, 0.3) is 0 Å². The number of carbonyl (C=O) groups excluding carboxylic acids is 1. The Morgan fingerprint density at radius 2 is 1.87 bits per heavy atom. The van der Waals surface area contributed by atoms with Crippen LogP contribution in [0.4, 0.5) is 0 Å². The second-order valence-electron chi connectivity index (χ2n) is 8.40. The van der Waals surface area contributed by atoms with E-state index in [1.54, 1.807) is 12.1 Å². The normalized spacial score (nSPS) is 15.9. The molecule has 6 nitrogen and oxygen atoms in total. The lowest BCUT2D eigenvalue weighted by molar-refractivity contribution is -0.126. The third kappa shape index (κ3) is 5.27. The number of nitrogens with zero attached hydrogens (tertiary/aromatic N) is 2. The summed E-state index contributed by atoms with van der Waals surface area (Å²) in [6.45, 7) is 5.04. The van der Waals surface area contributed by atoms with Crippen LogP contribution in [0.5, 0.6) is 0 Å². The third-order valence-corrected chi connectivity index (χ3v) is 7.95. The summed E-state index contributed by atoms with van der Waals surface area (Å²) in [4.78, 5) is 12.7. The third-order valence-electron chi connectivity index (χ3n) is 5.76. The van der Waals surface area contributed by atoms with Gasteiger partial charge in [-0.2, -0.15) is 9.57 Å². The number of sulfonamides is 1. The van der Waals surface area contributed by atoms with Gasteiger partial charge in [0.2, 0.25) is 15.9 Å². The quantitative estimate of drug-likeness (QED) is 0.712. The number of nitrogens with one attached hydrogen (secondary N) is 1. The van der Waals surface area contributed by atoms with Crippen LogP contribution in [-0.2, 0) is 20.2 Å². The van der Waals surface area contributed by atoms with E-state index >= 15 is 0 Å². The molecule has 2 aromatic carbocycles. The molecule has 0 aliphatic carbocycles. The first-order valence-corrected chi connectivity index (χ1v) is 12.0. The Morgan fingerprint density at radius 1 is 1.19 bits per heavy atom. The highest BCUT2D eigenvalue weighted by molar-refractivity contribution is 7.89. The van der Waals surface area contributed by atoms with Crippen LogP contribution < -0.4 is 5.32 Å². The average Bonchev–Trinajstić information content (AvgIpc) is 2.77. The van der Waals surface area contributed by atoms with Gasteiger partial charge in [-0.05, 0) is 42.7 Å². The number of halogens is 1. The first-order valence-electron chi connectivity index (χ1n) is 10.2. The molecule has 0 saturated carbocycles. The predicted molar refractivity (Wildman–Crippen MR) is 120 cm³/mol. The first kappa shape index (κ1) is 23.3. The van der Waals surface area contributed by atoms with E-state index < -0.39 is 10.0 Å². The van der Waals surface area contributed by atoms with Crippen molar-refractivity contribution in [2.75, 3.05) is 19.6 Å². The molecule has 1 aliphatic rings. The number of benzene rings is 2. The van der Waals surface area contributed by atoms with E-state index in [4.69, 9.17) is 11.6 Å². The highest BCUT2D eigenvalue weighted by Crippen LogP contribution is 2.27. The number of piperidine rings is 1. The Hall–Kier alpha value is -2.40. The molecular weight excluding hydrogens is 434 g/mol. The maximum atomic E-state index is 12.9. The van der Waals surface area contributed by atoms with Gasteiger partial charge in [0, 0.05) is 36.0 Å². The molecule has 1 amide bonds. The summed E-state index contributed by atoms with van der Waals surface area (Å²) in [5, 5.41) is 12.9. The SMILES string of the molecule is CC(C)(CNC(=O)C1CCN(S(=O)(=O)c2ccccc2C#N)CC1)c1cccc(Cl)c1. The van der Waals surface area contributed by atoms with Gasteiger partial charge >= 0.3 is 0 Å². The molecule has 0 spiro atoms. The van der Waals surface area contributed by atoms with Crippen molar-refractivity contribution < 1.29 is 13.2 Å². The largest absolute Gasteiger partial charge is 0.355 e. The van der Waals surface area contributed by atoms with Crippen molar-refractivity contribution in [1.29, 1.82) is 5.26 Å². The highest BCUT2D eigenvalue weighted by atomic mass is 35.5. The molecule has 1 aliphatic heterocycles. The molecule has 1 N–H and O–H groups in total. The van der Waals surface area contributed by atoms with Crippen molar-refractivity contribution in [2.45, 2.75) is 37.0 Å². The summed E-state index contributed by atoms with van der Waals surface area (Å²) in [7, 11) is -3.76. The van der Waals surface area contributed by atoms with Gasteiger partial charge in [0.15, 0.2) is 0 Å². The molecule has 1 fully saturated rings. The Bertz CT molecular complexity index is 1100. The molecule has 0 bridgehead atoms. The summed E-state index contributed by atoms with van der Waals surface area (Å²) in [5.74, 6) is -0.308. The fourth-order valence-electron chi connectivity index (χ4n) is 3.75. The van der Waals surface area contributed by atoms with E-state index in [0.717, 1.165) is 5.56 Å². The lowest BCUT2D eigenvalue weighted by Crippen LogP contribution is -2.45. The molecule has 0 radical (unpaired) electrons. The maximum Gasteiger partial charge on any atom is 0.244 e. The minimum Gasteiger partial charge on any atom is -0.355 e. The first-order chi connectivity index (χ1) is 14.6. The zero-order valence-corrected chi connectivity index (χ0v) is 19.2. The van der Waals surface area contributed by atoms with Gasteiger partial charge in [0.1, 0.15) is 6.07 Å². The minimum atomic E-state index is -3.76. The number of hydrogen-bond acceptors (Lipinski definition) is 4. The van der Waals surface area contributed by atoms with Crippen LogP contribution in [-0.4, -0.2) is 38.3 Å². The molecular formula is C23H26ClN3O3S. The predicted octanol–water partition coefficient (Wildman–Crippen LogP) is 3.71. The smallest absolute Gasteiger partial charge is 0.244 e. The summed E-state index contributed by atoms with van der Waals surface area (Å²) in [6.07, 6.45) is 0.884. The van der Waals surface area contributed by atoms with Gasteiger partial charge in [-0.15, -0.1) is 0 Å². The molecule has 1 saturated heterocycles. The van der Waals surface area contributed by atoms with Crippen LogP contribution in [0.2, 0.25) is 5.02 Å². The number of rotatable bonds is 6. The molecule has 0 atom stereocenters. The van der Waals surface area contributed by atoms with E-state index in [1.807, 2.05) is 44.2 Å². The van der Waals surface area contributed by atoms with Crippen LogP contribution >= 0.6 is 11.6 Å². The Balaban J connectivity index is 1.59. The van der Waals surface area contributed by atoms with Crippen molar-refractivity contribution in [3.63, 3.8) is 0 Å². The van der Waals surface area contributed by atoms with Gasteiger partial charge in [0.25, 0.3) is 0 Å². The summed E-state index contributed by atoms with van der Waals surface area (Å²) in [6, 6.07) is 15.7.